The molecule has 2 aromatic heterocycles. The van der Waals surface area contributed by atoms with Crippen molar-refractivity contribution >= 4 is 33.7 Å². The Morgan fingerprint density at radius 3 is 1.43 bits per heavy atom. The van der Waals surface area contributed by atoms with Gasteiger partial charge in [0, 0.05) is 10.8 Å². The van der Waals surface area contributed by atoms with Crippen LogP contribution in [-0.4, -0.2) is 32.1 Å². The van der Waals surface area contributed by atoms with Crippen molar-refractivity contribution in [1.29, 1.82) is 0 Å². The van der Waals surface area contributed by atoms with Crippen molar-refractivity contribution in [3.05, 3.63) is 70.8 Å². The summed E-state index contributed by atoms with van der Waals surface area (Å²) >= 11 is 0. The number of aromatic carboxylic acids is 2. The number of fused-ring (bicyclic) bond motifs is 2. The zero-order valence-corrected chi connectivity index (χ0v) is 15.2. The maximum Gasteiger partial charge on any atom is 0.336 e. The van der Waals surface area contributed by atoms with Crippen molar-refractivity contribution in [2.24, 2.45) is 0 Å². The fourth-order valence-electron chi connectivity index (χ4n) is 3.30. The summed E-state index contributed by atoms with van der Waals surface area (Å²) in [5.74, 6) is -2.15. The van der Waals surface area contributed by atoms with Gasteiger partial charge in [-0.1, -0.05) is 23.3 Å². The second kappa shape index (κ2) is 6.42. The molecule has 2 aromatic carbocycles. The Balaban J connectivity index is 2.03. The normalized spacial score (nSPS) is 11.1. The minimum atomic E-state index is -1.07. The SMILES string of the molecule is Cc1ccc2nc(-c3cc(C(=O)O)c4cc(C)ccc4n3)cc(C(=O)O)c2c1. The molecule has 2 heterocycles. The number of carbonyl (C=O) groups is 2. The number of aromatic nitrogens is 2. The van der Waals surface area contributed by atoms with Gasteiger partial charge in [-0.25, -0.2) is 19.6 Å². The van der Waals surface area contributed by atoms with Crippen LogP contribution in [0.5, 0.6) is 0 Å². The van der Waals surface area contributed by atoms with Crippen molar-refractivity contribution in [2.75, 3.05) is 0 Å². The van der Waals surface area contributed by atoms with E-state index in [1.807, 2.05) is 26.0 Å². The lowest BCUT2D eigenvalue weighted by Crippen LogP contribution is -2.03. The van der Waals surface area contributed by atoms with Gasteiger partial charge in [0.05, 0.1) is 33.5 Å². The van der Waals surface area contributed by atoms with E-state index in [1.165, 1.54) is 12.1 Å². The highest BCUT2D eigenvalue weighted by Crippen LogP contribution is 2.28. The number of pyridine rings is 2. The van der Waals surface area contributed by atoms with E-state index in [-0.39, 0.29) is 11.1 Å². The number of carboxylic acid groups (broad SMARTS) is 2. The van der Waals surface area contributed by atoms with Crippen LogP contribution in [0.2, 0.25) is 0 Å². The lowest BCUT2D eigenvalue weighted by molar-refractivity contribution is 0.0688. The molecular formula is C22H16N2O4. The molecule has 2 N–H and O–H groups in total. The van der Waals surface area contributed by atoms with Crippen molar-refractivity contribution in [3.63, 3.8) is 0 Å². The van der Waals surface area contributed by atoms with E-state index in [2.05, 4.69) is 9.97 Å². The van der Waals surface area contributed by atoms with Crippen molar-refractivity contribution in [2.45, 2.75) is 13.8 Å². The summed E-state index contributed by atoms with van der Waals surface area (Å²) in [6.07, 6.45) is 0. The predicted octanol–water partition coefficient (Wildman–Crippen LogP) is 4.46. The first-order valence-electron chi connectivity index (χ1n) is 8.63. The lowest BCUT2D eigenvalue weighted by Gasteiger charge is -2.10. The Morgan fingerprint density at radius 2 is 1.07 bits per heavy atom. The molecule has 0 amide bonds. The van der Waals surface area contributed by atoms with Gasteiger partial charge in [-0.15, -0.1) is 0 Å². The fourth-order valence-corrected chi connectivity index (χ4v) is 3.30. The number of rotatable bonds is 3. The number of carboxylic acids is 2. The average molecular weight is 372 g/mol. The van der Waals surface area contributed by atoms with Gasteiger partial charge in [0.15, 0.2) is 0 Å². The minimum Gasteiger partial charge on any atom is -0.478 e. The number of nitrogens with zero attached hydrogens (tertiary/aromatic N) is 2. The van der Waals surface area contributed by atoms with Crippen LogP contribution < -0.4 is 0 Å². The van der Waals surface area contributed by atoms with Crippen LogP contribution in [-0.2, 0) is 0 Å². The Hall–Kier alpha value is -3.80. The van der Waals surface area contributed by atoms with Crippen LogP contribution in [0.3, 0.4) is 0 Å². The third kappa shape index (κ3) is 2.95. The summed E-state index contributed by atoms with van der Waals surface area (Å²) in [5, 5.41) is 20.4. The van der Waals surface area contributed by atoms with Crippen molar-refractivity contribution in [3.8, 4) is 11.4 Å². The van der Waals surface area contributed by atoms with Gasteiger partial charge >= 0.3 is 11.9 Å². The molecule has 0 aliphatic rings. The van der Waals surface area contributed by atoms with Gasteiger partial charge in [0.25, 0.3) is 0 Å². The zero-order chi connectivity index (χ0) is 20.0. The fraction of sp³-hybridized carbons (Fsp3) is 0.0909. The molecule has 0 atom stereocenters. The van der Waals surface area contributed by atoms with Crippen molar-refractivity contribution in [1.82, 2.24) is 9.97 Å². The predicted molar refractivity (Wildman–Crippen MR) is 106 cm³/mol. The van der Waals surface area contributed by atoms with E-state index in [0.29, 0.717) is 33.2 Å². The first-order chi connectivity index (χ1) is 13.3. The highest BCUT2D eigenvalue weighted by Gasteiger charge is 2.17. The Morgan fingerprint density at radius 1 is 0.679 bits per heavy atom. The molecule has 0 radical (unpaired) electrons. The summed E-state index contributed by atoms with van der Waals surface area (Å²) in [4.78, 5) is 32.7. The van der Waals surface area contributed by atoms with Crippen LogP contribution >= 0.6 is 0 Å². The third-order valence-electron chi connectivity index (χ3n) is 4.65. The molecule has 4 aromatic rings. The van der Waals surface area contributed by atoms with E-state index in [0.717, 1.165) is 11.1 Å². The first-order valence-corrected chi connectivity index (χ1v) is 8.63. The Labute approximate surface area is 160 Å². The van der Waals surface area contributed by atoms with Gasteiger partial charge in [-0.3, -0.25) is 0 Å². The van der Waals surface area contributed by atoms with Gasteiger partial charge in [-0.05, 0) is 50.2 Å². The average Bonchev–Trinajstić information content (AvgIpc) is 2.66. The van der Waals surface area contributed by atoms with Crippen LogP contribution in [0.4, 0.5) is 0 Å². The van der Waals surface area contributed by atoms with Crippen LogP contribution in [0.15, 0.2) is 48.5 Å². The molecule has 0 saturated carbocycles. The van der Waals surface area contributed by atoms with Crippen molar-refractivity contribution < 1.29 is 19.8 Å². The monoisotopic (exact) mass is 372 g/mol. The standard InChI is InChI=1S/C22H16N2O4/c1-11-3-5-17-13(7-11)15(21(25)26)9-19(23-17)20-10-16(22(27)28)14-8-12(2)4-6-18(14)24-20/h3-10H,1-2H3,(H,25,26)(H,27,28). The Bertz CT molecular complexity index is 1190. The molecule has 4 rings (SSSR count). The topological polar surface area (TPSA) is 100 Å². The van der Waals surface area contributed by atoms with E-state index in [9.17, 15) is 19.8 Å². The van der Waals surface area contributed by atoms with Crippen LogP contribution in [0, 0.1) is 13.8 Å². The molecule has 0 aliphatic heterocycles. The molecular weight excluding hydrogens is 356 g/mol. The second-order valence-corrected chi connectivity index (χ2v) is 6.76. The minimum absolute atomic E-state index is 0.103. The number of hydrogen-bond donors (Lipinski definition) is 2. The molecule has 138 valence electrons. The quantitative estimate of drug-likeness (QED) is 0.550. The summed E-state index contributed by atoms with van der Waals surface area (Å²) < 4.78 is 0. The molecule has 0 saturated heterocycles. The zero-order valence-electron chi connectivity index (χ0n) is 15.2. The van der Waals surface area contributed by atoms with Crippen LogP contribution in [0.1, 0.15) is 31.8 Å². The Kier molecular flexibility index (Phi) is 4.04. The number of hydrogen-bond acceptors (Lipinski definition) is 4. The molecule has 0 fully saturated rings. The molecule has 0 unspecified atom stereocenters. The molecule has 0 spiro atoms. The molecule has 28 heavy (non-hydrogen) atoms. The van der Waals surface area contributed by atoms with E-state index >= 15 is 0 Å². The summed E-state index contributed by atoms with van der Waals surface area (Å²) in [6.45, 7) is 3.76. The van der Waals surface area contributed by atoms with Gasteiger partial charge < -0.3 is 10.2 Å². The van der Waals surface area contributed by atoms with Gasteiger partial charge in [0.1, 0.15) is 0 Å². The molecule has 0 aliphatic carbocycles. The van der Waals surface area contributed by atoms with E-state index in [4.69, 9.17) is 0 Å². The van der Waals surface area contributed by atoms with Gasteiger partial charge in [0.2, 0.25) is 0 Å². The molecule has 6 nitrogen and oxygen atoms in total. The first kappa shape index (κ1) is 17.6. The number of aryl methyl sites for hydroxylation is 2. The van der Waals surface area contributed by atoms with Gasteiger partial charge in [-0.2, -0.15) is 0 Å². The number of benzene rings is 2. The van der Waals surface area contributed by atoms with Crippen LogP contribution in [0.25, 0.3) is 33.2 Å². The highest BCUT2D eigenvalue weighted by atomic mass is 16.4. The summed E-state index contributed by atoms with van der Waals surface area (Å²) in [7, 11) is 0. The molecule has 0 bridgehead atoms. The summed E-state index contributed by atoms with van der Waals surface area (Å²) in [5.41, 5.74) is 3.73. The summed E-state index contributed by atoms with van der Waals surface area (Å²) in [6, 6.07) is 13.6. The second-order valence-electron chi connectivity index (χ2n) is 6.76. The molecule has 6 heteroatoms. The maximum atomic E-state index is 11.8. The maximum absolute atomic E-state index is 11.8. The third-order valence-corrected chi connectivity index (χ3v) is 4.65. The lowest BCUT2D eigenvalue weighted by atomic mass is 10.0. The van der Waals surface area contributed by atoms with E-state index in [1.54, 1.807) is 24.3 Å². The highest BCUT2D eigenvalue weighted by molar-refractivity contribution is 6.06. The van der Waals surface area contributed by atoms with E-state index < -0.39 is 11.9 Å². The largest absolute Gasteiger partial charge is 0.478 e. The smallest absolute Gasteiger partial charge is 0.336 e.